The summed E-state index contributed by atoms with van der Waals surface area (Å²) >= 11 is 0. The van der Waals surface area contributed by atoms with Crippen molar-refractivity contribution in [1.29, 1.82) is 0 Å². The molecule has 7 nitrogen and oxygen atoms in total. The van der Waals surface area contributed by atoms with Crippen molar-refractivity contribution >= 4 is 11.7 Å². The fourth-order valence-electron chi connectivity index (χ4n) is 4.20. The average Bonchev–Trinajstić information content (AvgIpc) is 3.17. The molecule has 1 amide bonds. The van der Waals surface area contributed by atoms with Crippen LogP contribution in [0.1, 0.15) is 42.6 Å². The first-order chi connectivity index (χ1) is 11.7. The number of carbonyl (C=O) groups excluding carboxylic acids is 1. The van der Waals surface area contributed by atoms with Gasteiger partial charge < -0.3 is 20.1 Å². The topological polar surface area (TPSA) is 87.6 Å². The summed E-state index contributed by atoms with van der Waals surface area (Å²) in [7, 11) is 0. The van der Waals surface area contributed by atoms with Crippen molar-refractivity contribution in [1.82, 2.24) is 15.3 Å². The Morgan fingerprint density at radius 2 is 2.04 bits per heavy atom. The van der Waals surface area contributed by atoms with E-state index in [0.717, 1.165) is 44.6 Å². The molecule has 2 saturated heterocycles. The molecule has 3 heterocycles. The van der Waals surface area contributed by atoms with E-state index in [2.05, 4.69) is 20.2 Å². The first-order valence-corrected chi connectivity index (χ1v) is 8.83. The van der Waals surface area contributed by atoms with Crippen LogP contribution in [-0.2, 0) is 4.74 Å². The zero-order chi connectivity index (χ0) is 16.6. The molecular weight excluding hydrogens is 308 g/mol. The standard InChI is InChI=1S/C17H24N4O3/c22-14-9-13(17(14)3-7-24-8-4-17)20-16(23)12-10-18-11-15(19-12)21-5-1-2-6-21/h10-11,13-14,22H,1-9H2,(H,20,23)/t13-,14-/m1/s1. The van der Waals surface area contributed by atoms with E-state index in [-0.39, 0.29) is 23.5 Å². The minimum atomic E-state index is -0.353. The van der Waals surface area contributed by atoms with Gasteiger partial charge in [0.15, 0.2) is 0 Å². The highest BCUT2D eigenvalue weighted by Gasteiger charge is 2.55. The molecule has 0 aromatic carbocycles. The van der Waals surface area contributed by atoms with Crippen LogP contribution in [0.2, 0.25) is 0 Å². The van der Waals surface area contributed by atoms with Crippen LogP contribution in [0.25, 0.3) is 0 Å². The maximum Gasteiger partial charge on any atom is 0.271 e. The maximum atomic E-state index is 12.6. The highest BCUT2D eigenvalue weighted by Crippen LogP contribution is 2.49. The summed E-state index contributed by atoms with van der Waals surface area (Å²) in [5, 5.41) is 13.3. The number of anilines is 1. The zero-order valence-electron chi connectivity index (χ0n) is 13.8. The quantitative estimate of drug-likeness (QED) is 0.849. The second-order valence-corrected chi connectivity index (χ2v) is 7.08. The van der Waals surface area contributed by atoms with Crippen LogP contribution in [0.4, 0.5) is 5.82 Å². The van der Waals surface area contributed by atoms with Gasteiger partial charge in [-0.15, -0.1) is 0 Å². The predicted molar refractivity (Wildman–Crippen MR) is 87.8 cm³/mol. The Bertz CT molecular complexity index is 612. The van der Waals surface area contributed by atoms with Gasteiger partial charge in [0.1, 0.15) is 11.5 Å². The fourth-order valence-corrected chi connectivity index (χ4v) is 4.20. The van der Waals surface area contributed by atoms with Gasteiger partial charge in [-0.3, -0.25) is 9.78 Å². The van der Waals surface area contributed by atoms with Crippen molar-refractivity contribution in [2.75, 3.05) is 31.2 Å². The van der Waals surface area contributed by atoms with E-state index < -0.39 is 0 Å². The average molecular weight is 332 g/mol. The molecule has 2 aliphatic heterocycles. The maximum absolute atomic E-state index is 12.6. The third kappa shape index (κ3) is 2.65. The van der Waals surface area contributed by atoms with Crippen molar-refractivity contribution in [3.05, 3.63) is 18.1 Å². The first kappa shape index (κ1) is 15.8. The van der Waals surface area contributed by atoms with Gasteiger partial charge >= 0.3 is 0 Å². The van der Waals surface area contributed by atoms with Crippen molar-refractivity contribution in [2.45, 2.75) is 44.2 Å². The molecule has 0 radical (unpaired) electrons. The monoisotopic (exact) mass is 332 g/mol. The molecule has 1 aliphatic carbocycles. The van der Waals surface area contributed by atoms with Gasteiger partial charge in [0.25, 0.3) is 5.91 Å². The Hall–Kier alpha value is -1.73. The number of hydrogen-bond acceptors (Lipinski definition) is 6. The Kier molecular flexibility index (Phi) is 4.14. The Morgan fingerprint density at radius 1 is 1.29 bits per heavy atom. The summed E-state index contributed by atoms with van der Waals surface area (Å²) in [6.45, 7) is 3.23. The van der Waals surface area contributed by atoms with Gasteiger partial charge in [-0.25, -0.2) is 4.98 Å². The van der Waals surface area contributed by atoms with Gasteiger partial charge in [0.05, 0.1) is 18.5 Å². The number of aromatic nitrogens is 2. The lowest BCUT2D eigenvalue weighted by Gasteiger charge is -2.55. The van der Waals surface area contributed by atoms with Crippen LogP contribution < -0.4 is 10.2 Å². The molecule has 0 bridgehead atoms. The molecule has 1 aromatic rings. The number of nitrogens with zero attached hydrogens (tertiary/aromatic N) is 3. The van der Waals surface area contributed by atoms with Gasteiger partial charge in [-0.2, -0.15) is 0 Å². The SMILES string of the molecule is O=C(N[C@@H]1C[C@@H](O)C12CCOCC2)c1cncc(N2CCCC2)n1. The summed E-state index contributed by atoms with van der Waals surface area (Å²) < 4.78 is 5.41. The number of hydrogen-bond donors (Lipinski definition) is 2. The van der Waals surface area contributed by atoms with Crippen LogP contribution in [0, 0.1) is 5.41 Å². The lowest BCUT2D eigenvalue weighted by atomic mass is 9.58. The molecule has 130 valence electrons. The molecule has 2 atom stereocenters. The smallest absolute Gasteiger partial charge is 0.271 e. The van der Waals surface area contributed by atoms with Gasteiger partial charge in [0.2, 0.25) is 0 Å². The van der Waals surface area contributed by atoms with Crippen LogP contribution in [-0.4, -0.2) is 59.4 Å². The summed E-state index contributed by atoms with van der Waals surface area (Å²) in [6, 6.07) is -0.0128. The number of amides is 1. The lowest BCUT2D eigenvalue weighted by molar-refractivity contribution is -0.145. The van der Waals surface area contributed by atoms with Gasteiger partial charge in [-0.05, 0) is 32.1 Å². The molecule has 3 fully saturated rings. The third-order valence-electron chi connectivity index (χ3n) is 5.83. The molecule has 1 saturated carbocycles. The van der Waals surface area contributed by atoms with Crippen molar-refractivity contribution in [3.63, 3.8) is 0 Å². The number of aliphatic hydroxyl groups is 1. The molecule has 1 spiro atoms. The number of aliphatic hydroxyl groups excluding tert-OH is 1. The molecule has 7 heteroatoms. The highest BCUT2D eigenvalue weighted by atomic mass is 16.5. The van der Waals surface area contributed by atoms with Crippen LogP contribution in [0.5, 0.6) is 0 Å². The summed E-state index contributed by atoms with van der Waals surface area (Å²) in [6.07, 6.45) is 7.37. The van der Waals surface area contributed by atoms with Crippen LogP contribution in [0.3, 0.4) is 0 Å². The third-order valence-corrected chi connectivity index (χ3v) is 5.83. The molecule has 24 heavy (non-hydrogen) atoms. The van der Waals surface area contributed by atoms with E-state index >= 15 is 0 Å². The molecule has 3 aliphatic rings. The van der Waals surface area contributed by atoms with E-state index in [1.54, 1.807) is 6.20 Å². The predicted octanol–water partition coefficient (Wildman–Crippen LogP) is 0.737. The minimum absolute atomic E-state index is 0.0128. The molecule has 0 unspecified atom stereocenters. The molecular formula is C17H24N4O3. The number of nitrogens with one attached hydrogen (secondary N) is 1. The van der Waals surface area contributed by atoms with E-state index in [9.17, 15) is 9.90 Å². The Balaban J connectivity index is 1.45. The Morgan fingerprint density at radius 3 is 2.75 bits per heavy atom. The largest absolute Gasteiger partial charge is 0.392 e. The van der Waals surface area contributed by atoms with Crippen molar-refractivity contribution in [3.8, 4) is 0 Å². The number of ether oxygens (including phenoxy) is 1. The highest BCUT2D eigenvalue weighted by molar-refractivity contribution is 5.92. The lowest BCUT2D eigenvalue weighted by Crippen LogP contribution is -2.65. The van der Waals surface area contributed by atoms with E-state index in [1.807, 2.05) is 0 Å². The second kappa shape index (κ2) is 6.29. The Labute approximate surface area is 141 Å². The first-order valence-electron chi connectivity index (χ1n) is 8.83. The van der Waals surface area contributed by atoms with Crippen LogP contribution in [0.15, 0.2) is 12.4 Å². The molecule has 2 N–H and O–H groups in total. The zero-order valence-corrected chi connectivity index (χ0v) is 13.8. The van der Waals surface area contributed by atoms with E-state index in [1.165, 1.54) is 6.20 Å². The second-order valence-electron chi connectivity index (χ2n) is 7.08. The van der Waals surface area contributed by atoms with Crippen molar-refractivity contribution in [2.24, 2.45) is 5.41 Å². The fraction of sp³-hybridized carbons (Fsp3) is 0.706. The summed E-state index contributed by atoms with van der Waals surface area (Å²) in [5.41, 5.74) is 0.122. The van der Waals surface area contributed by atoms with E-state index in [0.29, 0.717) is 25.3 Å². The van der Waals surface area contributed by atoms with Gasteiger partial charge in [-0.1, -0.05) is 0 Å². The normalized spacial score (nSPS) is 28.6. The van der Waals surface area contributed by atoms with E-state index in [4.69, 9.17) is 4.74 Å². The summed E-state index contributed by atoms with van der Waals surface area (Å²) in [5.74, 6) is 0.570. The molecule has 4 rings (SSSR count). The van der Waals surface area contributed by atoms with Gasteiger partial charge in [0, 0.05) is 37.8 Å². The summed E-state index contributed by atoms with van der Waals surface area (Å²) in [4.78, 5) is 23.4. The van der Waals surface area contributed by atoms with Crippen LogP contribution >= 0.6 is 0 Å². The number of rotatable bonds is 3. The number of carbonyl (C=O) groups is 1. The molecule has 1 aromatic heterocycles. The van der Waals surface area contributed by atoms with Crippen molar-refractivity contribution < 1.29 is 14.6 Å². The minimum Gasteiger partial charge on any atom is -0.392 e.